The van der Waals surface area contributed by atoms with Gasteiger partial charge in [0.05, 0.1) is 26.1 Å². The van der Waals surface area contributed by atoms with Crippen LogP contribution in [0.4, 0.5) is 0 Å². The van der Waals surface area contributed by atoms with E-state index in [2.05, 4.69) is 10.2 Å². The average molecular weight is 390 g/mol. The molecule has 0 radical (unpaired) electrons. The maximum absolute atomic E-state index is 6.23. The van der Waals surface area contributed by atoms with Gasteiger partial charge in [0.15, 0.2) is 0 Å². The summed E-state index contributed by atoms with van der Waals surface area (Å²) >= 11 is 24.6. The number of hydrogen-bond acceptors (Lipinski definition) is 2. The summed E-state index contributed by atoms with van der Waals surface area (Å²) in [6.45, 7) is 3.81. The van der Waals surface area contributed by atoms with Crippen molar-refractivity contribution in [2.24, 2.45) is 0 Å². The second-order valence-electron chi connectivity index (χ2n) is 5.54. The fourth-order valence-electron chi connectivity index (χ4n) is 2.92. The number of rotatable bonds is 3. The maximum atomic E-state index is 6.23. The Morgan fingerprint density at radius 1 is 0.739 bits per heavy atom. The van der Waals surface area contributed by atoms with Crippen molar-refractivity contribution in [3.8, 4) is 0 Å². The van der Waals surface area contributed by atoms with Crippen LogP contribution in [0.3, 0.4) is 0 Å². The summed E-state index contributed by atoms with van der Waals surface area (Å²) < 4.78 is 0. The molecule has 0 aliphatic carbocycles. The smallest absolute Gasteiger partial charge is 0.0603 e. The molecule has 23 heavy (non-hydrogen) atoms. The summed E-state index contributed by atoms with van der Waals surface area (Å²) in [5.41, 5.74) is 2.19. The zero-order chi connectivity index (χ0) is 16.4. The molecule has 0 aromatic heterocycles. The highest BCUT2D eigenvalue weighted by atomic mass is 35.5. The summed E-state index contributed by atoms with van der Waals surface area (Å²) in [6.07, 6.45) is 0. The standard InChI is InChI=1S/C17H16Cl4N2/c18-13-3-1-11(9-15(13)20)17(23-7-5-22-6-8-23)12-2-4-14(19)16(21)10-12/h1-4,9-10,17,22H,5-8H2. The molecule has 0 bridgehead atoms. The SMILES string of the molecule is Clc1ccc(C(c2ccc(Cl)c(Cl)c2)N2CCNCC2)cc1Cl. The Kier molecular flexibility index (Phi) is 5.74. The van der Waals surface area contributed by atoms with Gasteiger partial charge in [0.25, 0.3) is 0 Å². The van der Waals surface area contributed by atoms with Crippen LogP contribution in [0.25, 0.3) is 0 Å². The van der Waals surface area contributed by atoms with E-state index in [4.69, 9.17) is 46.4 Å². The molecule has 0 amide bonds. The quantitative estimate of drug-likeness (QED) is 0.766. The molecular formula is C17H16Cl4N2. The molecule has 1 aliphatic heterocycles. The number of nitrogens with zero attached hydrogens (tertiary/aromatic N) is 1. The van der Waals surface area contributed by atoms with Crippen LogP contribution in [0.5, 0.6) is 0 Å². The van der Waals surface area contributed by atoms with Crippen LogP contribution < -0.4 is 5.32 Å². The van der Waals surface area contributed by atoms with Crippen molar-refractivity contribution in [2.45, 2.75) is 6.04 Å². The van der Waals surface area contributed by atoms with Crippen molar-refractivity contribution in [2.75, 3.05) is 26.2 Å². The van der Waals surface area contributed by atoms with Crippen molar-refractivity contribution < 1.29 is 0 Å². The summed E-state index contributed by atoms with van der Waals surface area (Å²) in [4.78, 5) is 2.41. The first kappa shape index (κ1) is 17.3. The van der Waals surface area contributed by atoms with Crippen LogP contribution in [0, 0.1) is 0 Å². The second-order valence-corrected chi connectivity index (χ2v) is 7.16. The third-order valence-electron chi connectivity index (χ3n) is 4.04. The molecular weight excluding hydrogens is 374 g/mol. The van der Waals surface area contributed by atoms with Crippen LogP contribution in [0.2, 0.25) is 20.1 Å². The van der Waals surface area contributed by atoms with Crippen molar-refractivity contribution in [1.29, 1.82) is 0 Å². The molecule has 2 nitrogen and oxygen atoms in total. The molecule has 1 N–H and O–H groups in total. The first-order valence-corrected chi connectivity index (χ1v) is 8.92. The zero-order valence-corrected chi connectivity index (χ0v) is 15.4. The lowest BCUT2D eigenvalue weighted by Gasteiger charge is -2.35. The number of benzene rings is 2. The molecule has 122 valence electrons. The van der Waals surface area contributed by atoms with Gasteiger partial charge in [0, 0.05) is 26.2 Å². The van der Waals surface area contributed by atoms with Crippen LogP contribution >= 0.6 is 46.4 Å². The number of halogens is 4. The highest BCUT2D eigenvalue weighted by Gasteiger charge is 2.25. The lowest BCUT2D eigenvalue weighted by atomic mass is 9.96. The van der Waals surface area contributed by atoms with Gasteiger partial charge in [-0.15, -0.1) is 0 Å². The molecule has 0 spiro atoms. The van der Waals surface area contributed by atoms with Crippen molar-refractivity contribution >= 4 is 46.4 Å². The Morgan fingerprint density at radius 3 is 1.65 bits per heavy atom. The van der Waals surface area contributed by atoms with E-state index in [1.165, 1.54) is 0 Å². The number of hydrogen-bond donors (Lipinski definition) is 1. The highest BCUT2D eigenvalue weighted by molar-refractivity contribution is 6.42. The van der Waals surface area contributed by atoms with Crippen LogP contribution in [0.15, 0.2) is 36.4 Å². The third kappa shape index (κ3) is 3.96. The molecule has 2 aromatic rings. The number of piperazine rings is 1. The molecule has 0 atom stereocenters. The summed E-state index contributed by atoms with van der Waals surface area (Å²) in [7, 11) is 0. The Morgan fingerprint density at radius 2 is 1.22 bits per heavy atom. The summed E-state index contributed by atoms with van der Waals surface area (Å²) in [5, 5.41) is 5.61. The lowest BCUT2D eigenvalue weighted by molar-refractivity contribution is 0.198. The second kappa shape index (κ2) is 7.60. The molecule has 1 saturated heterocycles. The van der Waals surface area contributed by atoms with Gasteiger partial charge in [-0.1, -0.05) is 58.5 Å². The minimum atomic E-state index is 0.0710. The molecule has 6 heteroatoms. The fourth-order valence-corrected chi connectivity index (χ4v) is 3.53. The minimum Gasteiger partial charge on any atom is -0.314 e. The highest BCUT2D eigenvalue weighted by Crippen LogP contribution is 2.35. The number of nitrogens with one attached hydrogen (secondary N) is 1. The Balaban J connectivity index is 2.04. The van der Waals surface area contributed by atoms with Crippen molar-refractivity contribution in [3.63, 3.8) is 0 Å². The van der Waals surface area contributed by atoms with Gasteiger partial charge in [-0.2, -0.15) is 0 Å². The molecule has 3 rings (SSSR count). The lowest BCUT2D eigenvalue weighted by Crippen LogP contribution is -2.45. The third-order valence-corrected chi connectivity index (χ3v) is 5.51. The molecule has 0 unspecified atom stereocenters. The van der Waals surface area contributed by atoms with E-state index < -0.39 is 0 Å². The first-order chi connectivity index (χ1) is 11.1. The molecule has 1 fully saturated rings. The average Bonchev–Trinajstić information content (AvgIpc) is 2.55. The largest absolute Gasteiger partial charge is 0.314 e. The fraction of sp³-hybridized carbons (Fsp3) is 0.294. The predicted molar refractivity (Wildman–Crippen MR) is 99.2 cm³/mol. The predicted octanol–water partition coefficient (Wildman–Crippen LogP) is 5.29. The minimum absolute atomic E-state index is 0.0710. The maximum Gasteiger partial charge on any atom is 0.0603 e. The molecule has 1 heterocycles. The topological polar surface area (TPSA) is 15.3 Å². The first-order valence-electron chi connectivity index (χ1n) is 7.41. The van der Waals surface area contributed by atoms with Crippen molar-refractivity contribution in [1.82, 2.24) is 10.2 Å². The Labute approximate surface area is 156 Å². The van der Waals surface area contributed by atoms with Crippen LogP contribution in [-0.2, 0) is 0 Å². The van der Waals surface area contributed by atoms with E-state index in [9.17, 15) is 0 Å². The van der Waals surface area contributed by atoms with Gasteiger partial charge in [-0.3, -0.25) is 4.90 Å². The monoisotopic (exact) mass is 388 g/mol. The van der Waals surface area contributed by atoms with E-state index in [0.717, 1.165) is 37.3 Å². The van der Waals surface area contributed by atoms with Gasteiger partial charge in [-0.25, -0.2) is 0 Å². The van der Waals surface area contributed by atoms with Crippen molar-refractivity contribution in [3.05, 3.63) is 67.6 Å². The molecule has 1 aliphatic rings. The van der Waals surface area contributed by atoms with E-state index in [1.807, 2.05) is 36.4 Å². The van der Waals surface area contributed by atoms with E-state index in [-0.39, 0.29) is 6.04 Å². The van der Waals surface area contributed by atoms with E-state index >= 15 is 0 Å². The van der Waals surface area contributed by atoms with Gasteiger partial charge < -0.3 is 5.32 Å². The van der Waals surface area contributed by atoms with Crippen LogP contribution in [0.1, 0.15) is 17.2 Å². The normalized spacial score (nSPS) is 16.0. The van der Waals surface area contributed by atoms with Gasteiger partial charge in [-0.05, 0) is 35.4 Å². The van der Waals surface area contributed by atoms with Gasteiger partial charge in [0.2, 0.25) is 0 Å². The Hall–Kier alpha value is -0.480. The summed E-state index contributed by atoms with van der Waals surface area (Å²) in [5.74, 6) is 0. The van der Waals surface area contributed by atoms with Gasteiger partial charge in [0.1, 0.15) is 0 Å². The van der Waals surface area contributed by atoms with Crippen LogP contribution in [-0.4, -0.2) is 31.1 Å². The molecule has 2 aromatic carbocycles. The summed E-state index contributed by atoms with van der Waals surface area (Å²) in [6, 6.07) is 11.6. The molecule has 0 saturated carbocycles. The zero-order valence-electron chi connectivity index (χ0n) is 12.3. The van der Waals surface area contributed by atoms with E-state index in [1.54, 1.807) is 0 Å². The van der Waals surface area contributed by atoms with Gasteiger partial charge >= 0.3 is 0 Å². The van der Waals surface area contributed by atoms with E-state index in [0.29, 0.717) is 20.1 Å². The Bertz CT molecular complexity index is 647.